The van der Waals surface area contributed by atoms with Crippen LogP contribution in [-0.4, -0.2) is 21.0 Å². The summed E-state index contributed by atoms with van der Waals surface area (Å²) in [6.07, 6.45) is 1.62. The third-order valence-electron chi connectivity index (χ3n) is 4.45. The summed E-state index contributed by atoms with van der Waals surface area (Å²) in [5.41, 5.74) is 10.7. The van der Waals surface area contributed by atoms with Gasteiger partial charge in [-0.1, -0.05) is 68.4 Å². The largest absolute Gasteiger partial charge is 0.392 e. The van der Waals surface area contributed by atoms with Crippen LogP contribution in [0.4, 0.5) is 0 Å². The van der Waals surface area contributed by atoms with E-state index in [2.05, 4.69) is 4.98 Å². The molecule has 1 amide bonds. The monoisotopic (exact) mass is 385 g/mol. The molecule has 2 aromatic heterocycles. The Morgan fingerprint density at radius 2 is 1.66 bits per heavy atom. The molecule has 3 N–H and O–H groups in total. The van der Waals surface area contributed by atoms with E-state index in [1.807, 2.05) is 74.5 Å². The molecule has 0 aliphatic rings. The number of amides is 1. The second-order valence-electron chi connectivity index (χ2n) is 6.23. The number of primary amides is 1. The van der Waals surface area contributed by atoms with Crippen LogP contribution in [0.2, 0.25) is 0 Å². The van der Waals surface area contributed by atoms with Gasteiger partial charge in [0, 0.05) is 22.7 Å². The van der Waals surface area contributed by atoms with Gasteiger partial charge in [-0.15, -0.1) is 0 Å². The van der Waals surface area contributed by atoms with Crippen LogP contribution in [0.25, 0.3) is 33.3 Å². The lowest BCUT2D eigenvalue weighted by Gasteiger charge is -2.12. The van der Waals surface area contributed by atoms with Crippen LogP contribution in [0.1, 0.15) is 29.9 Å². The van der Waals surface area contributed by atoms with Gasteiger partial charge in [0.15, 0.2) is 0 Å². The van der Waals surface area contributed by atoms with Crippen LogP contribution >= 0.6 is 0 Å². The number of fused-ring (bicyclic) bond motifs is 1. The minimum atomic E-state index is -0.584. The summed E-state index contributed by atoms with van der Waals surface area (Å²) in [6.45, 7) is 3.99. The van der Waals surface area contributed by atoms with Gasteiger partial charge in [-0.2, -0.15) is 0 Å². The molecule has 0 saturated heterocycles. The Morgan fingerprint density at radius 1 is 0.966 bits per heavy atom. The second kappa shape index (κ2) is 9.08. The van der Waals surface area contributed by atoms with E-state index in [9.17, 15) is 9.90 Å². The Hall–Kier alpha value is -3.57. The molecule has 0 radical (unpaired) electrons. The highest BCUT2D eigenvalue weighted by Gasteiger charge is 2.13. The Morgan fingerprint density at radius 3 is 2.28 bits per heavy atom. The molecule has 2 heterocycles. The fourth-order valence-corrected chi connectivity index (χ4v) is 3.03. The normalized spacial score (nSPS) is 10.3. The highest BCUT2D eigenvalue weighted by molar-refractivity contribution is 5.96. The van der Waals surface area contributed by atoms with Crippen molar-refractivity contribution < 1.29 is 9.90 Å². The van der Waals surface area contributed by atoms with E-state index in [1.165, 1.54) is 0 Å². The summed E-state index contributed by atoms with van der Waals surface area (Å²) < 4.78 is 0. The van der Waals surface area contributed by atoms with Gasteiger partial charge in [-0.3, -0.25) is 9.78 Å². The summed E-state index contributed by atoms with van der Waals surface area (Å²) in [7, 11) is 0. The lowest BCUT2D eigenvalue weighted by Crippen LogP contribution is -2.12. The van der Waals surface area contributed by atoms with Crippen molar-refractivity contribution in [1.29, 1.82) is 0 Å². The highest BCUT2D eigenvalue weighted by atomic mass is 16.3. The molecule has 5 nitrogen and oxygen atoms in total. The van der Waals surface area contributed by atoms with Gasteiger partial charge < -0.3 is 10.8 Å². The van der Waals surface area contributed by atoms with Crippen molar-refractivity contribution in [3.05, 3.63) is 84.2 Å². The molecular weight excluding hydrogens is 362 g/mol. The molecule has 0 bridgehead atoms. The predicted molar refractivity (Wildman–Crippen MR) is 116 cm³/mol. The van der Waals surface area contributed by atoms with E-state index < -0.39 is 5.91 Å². The van der Waals surface area contributed by atoms with Gasteiger partial charge in [0.05, 0.1) is 17.8 Å². The van der Waals surface area contributed by atoms with Gasteiger partial charge >= 0.3 is 0 Å². The number of nitrogens with zero attached hydrogens (tertiary/aromatic N) is 2. The van der Waals surface area contributed by atoms with E-state index in [4.69, 9.17) is 10.7 Å². The Labute approximate surface area is 169 Å². The highest BCUT2D eigenvalue weighted by Crippen LogP contribution is 2.33. The quantitative estimate of drug-likeness (QED) is 0.538. The molecular formula is C24H23N3O2. The number of hydrogen-bond acceptors (Lipinski definition) is 4. The number of pyridine rings is 2. The van der Waals surface area contributed by atoms with Gasteiger partial charge in [0.1, 0.15) is 5.69 Å². The standard InChI is InChI=1S/C22H17N3O2.C2H6/c23-22(27)20-11-19-17(12-24-20)10-18(15-4-2-1-3-5-15)21(25-19)16-8-6-14(13-26)7-9-16;1-2/h1-12,26H,13H2,(H2,23,27);1-2H3. The molecule has 0 aliphatic carbocycles. The zero-order valence-electron chi connectivity index (χ0n) is 16.5. The van der Waals surface area contributed by atoms with Gasteiger partial charge in [0.2, 0.25) is 0 Å². The summed E-state index contributed by atoms with van der Waals surface area (Å²) in [6, 6.07) is 21.2. The van der Waals surface area contributed by atoms with Crippen molar-refractivity contribution >= 4 is 16.8 Å². The van der Waals surface area contributed by atoms with Crippen molar-refractivity contribution in [3.63, 3.8) is 0 Å². The smallest absolute Gasteiger partial charge is 0.267 e. The van der Waals surface area contributed by atoms with E-state index in [-0.39, 0.29) is 12.3 Å². The van der Waals surface area contributed by atoms with Gasteiger partial charge in [-0.05, 0) is 23.3 Å². The number of carbonyl (C=O) groups excluding carboxylic acids is 1. The molecule has 0 fully saturated rings. The number of benzene rings is 2. The minimum absolute atomic E-state index is 0.00931. The van der Waals surface area contributed by atoms with Crippen LogP contribution in [0.15, 0.2) is 72.9 Å². The number of hydrogen-bond donors (Lipinski definition) is 2. The van der Waals surface area contributed by atoms with Crippen molar-refractivity contribution in [3.8, 4) is 22.4 Å². The number of aliphatic hydroxyl groups is 1. The maximum Gasteiger partial charge on any atom is 0.267 e. The van der Waals surface area contributed by atoms with Gasteiger partial charge in [-0.25, -0.2) is 4.98 Å². The van der Waals surface area contributed by atoms with E-state index >= 15 is 0 Å². The average Bonchev–Trinajstić information content (AvgIpc) is 2.79. The molecule has 2 aromatic carbocycles. The molecule has 29 heavy (non-hydrogen) atoms. The number of aliphatic hydroxyl groups excluding tert-OH is 1. The van der Waals surface area contributed by atoms with Gasteiger partial charge in [0.25, 0.3) is 5.91 Å². The zero-order valence-corrected chi connectivity index (χ0v) is 16.5. The fourth-order valence-electron chi connectivity index (χ4n) is 3.03. The third kappa shape index (κ3) is 4.31. The topological polar surface area (TPSA) is 89.1 Å². The van der Waals surface area contributed by atoms with Crippen LogP contribution in [-0.2, 0) is 6.61 Å². The summed E-state index contributed by atoms with van der Waals surface area (Å²) in [4.78, 5) is 20.4. The van der Waals surface area contributed by atoms with E-state index in [0.717, 1.165) is 33.3 Å². The molecule has 0 saturated carbocycles. The van der Waals surface area contributed by atoms with Crippen LogP contribution in [0, 0.1) is 0 Å². The molecule has 4 aromatic rings. The van der Waals surface area contributed by atoms with Crippen molar-refractivity contribution in [1.82, 2.24) is 9.97 Å². The molecule has 0 atom stereocenters. The maximum absolute atomic E-state index is 11.5. The fraction of sp³-hybridized carbons (Fsp3) is 0.125. The number of nitrogens with two attached hydrogens (primary N) is 1. The van der Waals surface area contributed by atoms with Crippen molar-refractivity contribution in [2.24, 2.45) is 5.73 Å². The van der Waals surface area contributed by atoms with E-state index in [0.29, 0.717) is 5.52 Å². The second-order valence-corrected chi connectivity index (χ2v) is 6.23. The van der Waals surface area contributed by atoms with E-state index in [1.54, 1.807) is 12.3 Å². The number of rotatable bonds is 4. The molecule has 146 valence electrons. The van der Waals surface area contributed by atoms with Crippen LogP contribution < -0.4 is 5.73 Å². The van der Waals surface area contributed by atoms with Crippen LogP contribution in [0.5, 0.6) is 0 Å². The number of aromatic nitrogens is 2. The predicted octanol–water partition coefficient (Wildman–Crippen LogP) is 4.58. The Kier molecular flexibility index (Phi) is 6.32. The summed E-state index contributed by atoms with van der Waals surface area (Å²) >= 11 is 0. The summed E-state index contributed by atoms with van der Waals surface area (Å²) in [5, 5.41) is 10.1. The van der Waals surface area contributed by atoms with Crippen molar-refractivity contribution in [2.75, 3.05) is 0 Å². The first-order valence-electron chi connectivity index (χ1n) is 9.52. The first-order chi connectivity index (χ1) is 14.2. The number of carbonyl (C=O) groups is 1. The maximum atomic E-state index is 11.5. The third-order valence-corrected chi connectivity index (χ3v) is 4.45. The van der Waals surface area contributed by atoms with Crippen molar-refractivity contribution in [2.45, 2.75) is 20.5 Å². The molecule has 0 spiro atoms. The molecule has 0 aliphatic heterocycles. The summed E-state index contributed by atoms with van der Waals surface area (Å²) in [5.74, 6) is -0.584. The Balaban J connectivity index is 0.00000117. The molecule has 4 rings (SSSR count). The first-order valence-corrected chi connectivity index (χ1v) is 9.52. The first kappa shape index (κ1) is 20.2. The zero-order chi connectivity index (χ0) is 20.8. The lowest BCUT2D eigenvalue weighted by atomic mass is 9.97. The van der Waals surface area contributed by atoms with Crippen LogP contribution in [0.3, 0.4) is 0 Å². The lowest BCUT2D eigenvalue weighted by molar-refractivity contribution is 0.0995. The average molecular weight is 385 g/mol. The Bertz CT molecular complexity index is 1120. The minimum Gasteiger partial charge on any atom is -0.392 e. The molecule has 0 unspecified atom stereocenters. The molecule has 5 heteroatoms. The SMILES string of the molecule is CC.NC(=O)c1cc2nc(-c3ccc(CO)cc3)c(-c3ccccc3)cc2cn1.